The summed E-state index contributed by atoms with van der Waals surface area (Å²) in [4.78, 5) is 2.28. The lowest BCUT2D eigenvalue weighted by Crippen LogP contribution is -2.10. The van der Waals surface area contributed by atoms with E-state index in [2.05, 4.69) is 167 Å². The second kappa shape index (κ2) is 11.5. The molecule has 258 valence electrons. The van der Waals surface area contributed by atoms with Crippen LogP contribution < -0.4 is 4.90 Å². The second-order valence-corrected chi connectivity index (χ2v) is 14.1. The van der Waals surface area contributed by atoms with E-state index in [1.54, 1.807) is 0 Å². The van der Waals surface area contributed by atoms with Crippen molar-refractivity contribution in [2.24, 2.45) is 0 Å². The fraction of sp³-hybridized carbons (Fsp3) is 0. The molecule has 0 aliphatic carbocycles. The molecular formula is C50H30N2O3. The minimum Gasteiger partial charge on any atom is -0.456 e. The summed E-state index contributed by atoms with van der Waals surface area (Å²) in [7, 11) is 0. The largest absolute Gasteiger partial charge is 0.456 e. The highest BCUT2D eigenvalue weighted by Crippen LogP contribution is 2.44. The van der Waals surface area contributed by atoms with E-state index >= 15 is 0 Å². The first-order valence-corrected chi connectivity index (χ1v) is 18.5. The average Bonchev–Trinajstić information content (AvgIpc) is 3.99. The van der Waals surface area contributed by atoms with Gasteiger partial charge in [-0.3, -0.25) is 4.40 Å². The number of hydrogen-bond donors (Lipinski definition) is 0. The van der Waals surface area contributed by atoms with Crippen molar-refractivity contribution >= 4 is 88.7 Å². The number of nitrogens with zero attached hydrogens (tertiary/aromatic N) is 2. The van der Waals surface area contributed by atoms with Crippen LogP contribution in [0.4, 0.5) is 17.1 Å². The molecule has 55 heavy (non-hydrogen) atoms. The van der Waals surface area contributed by atoms with Crippen LogP contribution in [-0.2, 0) is 0 Å². The molecule has 0 N–H and O–H groups in total. The zero-order chi connectivity index (χ0) is 36.0. The SMILES string of the molecule is c1ccc(-c2c3ccccc3n3c2oc2c(-c4cccc(N(c5ccc6c(c5)oc5ccccc56)c5ccc6c(c5)oc5ccccc56)c4)cccc23)cc1. The fourth-order valence-electron chi connectivity index (χ4n) is 8.54. The summed E-state index contributed by atoms with van der Waals surface area (Å²) in [6.07, 6.45) is 0. The van der Waals surface area contributed by atoms with Crippen LogP contribution in [0.2, 0.25) is 0 Å². The molecule has 0 saturated heterocycles. The van der Waals surface area contributed by atoms with Gasteiger partial charge in [0.1, 0.15) is 22.3 Å². The van der Waals surface area contributed by atoms with E-state index in [0.717, 1.165) is 106 Å². The Morgan fingerprint density at radius 2 is 0.909 bits per heavy atom. The summed E-state index contributed by atoms with van der Waals surface area (Å²) in [6, 6.07) is 63.5. The van der Waals surface area contributed by atoms with Gasteiger partial charge in [0.2, 0.25) is 5.71 Å². The molecular weight excluding hydrogens is 677 g/mol. The Bertz CT molecular complexity index is 3340. The molecule has 0 unspecified atom stereocenters. The minimum atomic E-state index is 0.835. The van der Waals surface area contributed by atoms with E-state index in [4.69, 9.17) is 13.3 Å². The third-order valence-electron chi connectivity index (χ3n) is 11.0. The van der Waals surface area contributed by atoms with Gasteiger partial charge in [-0.1, -0.05) is 109 Å². The third kappa shape index (κ3) is 4.47. The number of fused-ring (bicyclic) bond motifs is 11. The molecule has 5 heteroatoms. The number of rotatable bonds is 5. The van der Waals surface area contributed by atoms with Crippen molar-refractivity contribution in [2.75, 3.05) is 4.90 Å². The van der Waals surface area contributed by atoms with Crippen molar-refractivity contribution < 1.29 is 13.3 Å². The average molecular weight is 707 g/mol. The van der Waals surface area contributed by atoms with Crippen LogP contribution in [0, 0.1) is 0 Å². The van der Waals surface area contributed by atoms with Crippen LogP contribution in [-0.4, -0.2) is 4.40 Å². The van der Waals surface area contributed by atoms with Crippen LogP contribution in [0.3, 0.4) is 0 Å². The molecule has 0 bridgehead atoms. The summed E-state index contributed by atoms with van der Waals surface area (Å²) < 4.78 is 22.0. The summed E-state index contributed by atoms with van der Waals surface area (Å²) in [5.74, 6) is 0. The highest BCUT2D eigenvalue weighted by molar-refractivity contribution is 6.10. The Hall–Kier alpha value is -7.50. The summed E-state index contributed by atoms with van der Waals surface area (Å²) in [5, 5.41) is 5.55. The van der Waals surface area contributed by atoms with E-state index < -0.39 is 0 Å². The smallest absolute Gasteiger partial charge is 0.213 e. The highest BCUT2D eigenvalue weighted by Gasteiger charge is 2.23. The lowest BCUT2D eigenvalue weighted by molar-refractivity contribution is 0.659. The monoisotopic (exact) mass is 706 g/mol. The quantitative estimate of drug-likeness (QED) is 0.179. The lowest BCUT2D eigenvalue weighted by atomic mass is 10.0. The molecule has 12 aromatic rings. The molecule has 0 atom stereocenters. The first kappa shape index (κ1) is 30.0. The van der Waals surface area contributed by atoms with E-state index in [1.165, 1.54) is 5.39 Å². The topological polar surface area (TPSA) is 47.1 Å². The second-order valence-electron chi connectivity index (χ2n) is 14.1. The predicted molar refractivity (Wildman–Crippen MR) is 225 cm³/mol. The van der Waals surface area contributed by atoms with Gasteiger partial charge < -0.3 is 18.2 Å². The van der Waals surface area contributed by atoms with Gasteiger partial charge in [0, 0.05) is 61.7 Å². The van der Waals surface area contributed by atoms with Gasteiger partial charge in [-0.05, 0) is 71.8 Å². The first-order valence-electron chi connectivity index (χ1n) is 18.5. The van der Waals surface area contributed by atoms with Gasteiger partial charge in [0.15, 0.2) is 5.58 Å². The van der Waals surface area contributed by atoms with Crippen molar-refractivity contribution in [1.82, 2.24) is 4.40 Å². The molecule has 0 amide bonds. The van der Waals surface area contributed by atoms with E-state index in [0.29, 0.717) is 0 Å². The molecule has 0 aliphatic heterocycles. The van der Waals surface area contributed by atoms with Gasteiger partial charge in [-0.2, -0.15) is 0 Å². The van der Waals surface area contributed by atoms with Gasteiger partial charge in [0.05, 0.1) is 16.6 Å². The Labute approximate surface area is 314 Å². The third-order valence-corrected chi connectivity index (χ3v) is 11.0. The molecule has 0 fully saturated rings. The number of hydrogen-bond acceptors (Lipinski definition) is 4. The maximum atomic E-state index is 6.96. The summed E-state index contributed by atoms with van der Waals surface area (Å²) in [5.41, 5.74) is 14.5. The minimum absolute atomic E-state index is 0.835. The molecule has 4 aromatic heterocycles. The maximum Gasteiger partial charge on any atom is 0.213 e. The van der Waals surface area contributed by atoms with Gasteiger partial charge in [-0.25, -0.2) is 0 Å². The molecule has 0 spiro atoms. The van der Waals surface area contributed by atoms with E-state index in [9.17, 15) is 0 Å². The fourth-order valence-corrected chi connectivity index (χ4v) is 8.54. The molecule has 0 radical (unpaired) electrons. The van der Waals surface area contributed by atoms with Crippen LogP contribution in [0.25, 0.3) is 93.8 Å². The predicted octanol–water partition coefficient (Wildman–Crippen LogP) is 14.4. The zero-order valence-corrected chi connectivity index (χ0v) is 29.4. The number of para-hydroxylation sites is 4. The van der Waals surface area contributed by atoms with Crippen LogP contribution in [0.1, 0.15) is 0 Å². The Balaban J connectivity index is 1.06. The number of aromatic nitrogens is 1. The number of benzene rings is 8. The molecule has 12 rings (SSSR count). The Morgan fingerprint density at radius 1 is 0.364 bits per heavy atom. The van der Waals surface area contributed by atoms with Crippen LogP contribution in [0.15, 0.2) is 195 Å². The number of furan rings is 2. The van der Waals surface area contributed by atoms with Crippen molar-refractivity contribution in [2.45, 2.75) is 0 Å². The number of anilines is 3. The zero-order valence-electron chi connectivity index (χ0n) is 29.4. The van der Waals surface area contributed by atoms with Gasteiger partial charge >= 0.3 is 0 Å². The maximum absolute atomic E-state index is 6.96. The standard InChI is InChI=1S/C50H30N2O3/c1-2-12-31(13-3-1)48-41-18-4-7-20-42(41)52-43-21-11-19-36(49(43)55-50(48)52)32-14-10-15-33(28-32)51(34-24-26-39-37-16-5-8-22-44(37)53-46(39)29-34)35-25-27-40-38-17-6-9-23-45(38)54-47(40)30-35/h1-30H. The highest BCUT2D eigenvalue weighted by atomic mass is 16.3. The lowest BCUT2D eigenvalue weighted by Gasteiger charge is -2.26. The van der Waals surface area contributed by atoms with Crippen molar-refractivity contribution in [1.29, 1.82) is 0 Å². The number of oxazole rings is 1. The Kier molecular flexibility index (Phi) is 6.27. The van der Waals surface area contributed by atoms with Gasteiger partial charge in [0.25, 0.3) is 0 Å². The van der Waals surface area contributed by atoms with Crippen molar-refractivity contribution in [3.63, 3.8) is 0 Å². The summed E-state index contributed by atoms with van der Waals surface area (Å²) in [6.45, 7) is 0. The van der Waals surface area contributed by atoms with E-state index in [1.807, 2.05) is 24.3 Å². The summed E-state index contributed by atoms with van der Waals surface area (Å²) >= 11 is 0. The van der Waals surface area contributed by atoms with E-state index in [-0.39, 0.29) is 0 Å². The molecule has 4 heterocycles. The van der Waals surface area contributed by atoms with Crippen LogP contribution >= 0.6 is 0 Å². The van der Waals surface area contributed by atoms with Crippen LogP contribution in [0.5, 0.6) is 0 Å². The molecule has 0 saturated carbocycles. The normalized spacial score (nSPS) is 12.0. The first-order chi connectivity index (χ1) is 27.3. The van der Waals surface area contributed by atoms with Crippen molar-refractivity contribution in [3.05, 3.63) is 182 Å². The van der Waals surface area contributed by atoms with Gasteiger partial charge in [-0.15, -0.1) is 0 Å². The molecule has 8 aromatic carbocycles. The van der Waals surface area contributed by atoms with Crippen molar-refractivity contribution in [3.8, 4) is 22.3 Å². The molecule has 0 aliphatic rings. The Morgan fingerprint density at radius 3 is 1.62 bits per heavy atom. The molecule has 5 nitrogen and oxygen atoms in total.